The molecule has 5 heteroatoms. The Morgan fingerprint density at radius 3 is 2.65 bits per heavy atom. The molecule has 1 aromatic carbocycles. The molecule has 1 amide bonds. The standard InChI is InChI=1S/C21H24FN3O/c22-18-7-3-6-17(14-18)15-25-13-5-10-21(25)9-4-12-24(20(21)26)16-19-8-1-2-11-23-19/h1-3,6-8,11,14H,4-5,9-10,12-13,15-16H2. The predicted octanol–water partition coefficient (Wildman–Crippen LogP) is 3.38. The number of hydrogen-bond donors (Lipinski definition) is 0. The van der Waals surface area contributed by atoms with E-state index in [1.807, 2.05) is 29.2 Å². The molecule has 1 atom stereocenters. The smallest absolute Gasteiger partial charge is 0.243 e. The van der Waals surface area contributed by atoms with E-state index in [-0.39, 0.29) is 11.7 Å². The molecule has 26 heavy (non-hydrogen) atoms. The van der Waals surface area contributed by atoms with Crippen molar-refractivity contribution in [3.05, 3.63) is 65.7 Å². The summed E-state index contributed by atoms with van der Waals surface area (Å²) in [7, 11) is 0. The Hall–Kier alpha value is -2.27. The predicted molar refractivity (Wildman–Crippen MR) is 97.7 cm³/mol. The van der Waals surface area contributed by atoms with Crippen LogP contribution >= 0.6 is 0 Å². The number of hydrogen-bond acceptors (Lipinski definition) is 3. The van der Waals surface area contributed by atoms with Crippen molar-refractivity contribution in [2.24, 2.45) is 0 Å². The maximum Gasteiger partial charge on any atom is 0.243 e. The molecule has 1 unspecified atom stereocenters. The first-order valence-electron chi connectivity index (χ1n) is 9.36. The molecule has 2 aromatic rings. The summed E-state index contributed by atoms with van der Waals surface area (Å²) in [5.41, 5.74) is 1.42. The SMILES string of the molecule is O=C1N(Cc2ccccn2)CCCC12CCCN2Cc1cccc(F)c1. The first-order valence-corrected chi connectivity index (χ1v) is 9.36. The Morgan fingerprint density at radius 1 is 1.04 bits per heavy atom. The number of nitrogens with zero attached hydrogens (tertiary/aromatic N) is 3. The first-order chi connectivity index (χ1) is 12.7. The summed E-state index contributed by atoms with van der Waals surface area (Å²) in [5.74, 6) is -0.00852. The molecule has 2 fully saturated rings. The van der Waals surface area contributed by atoms with Gasteiger partial charge < -0.3 is 4.90 Å². The largest absolute Gasteiger partial charge is 0.335 e. The Bertz CT molecular complexity index is 782. The van der Waals surface area contributed by atoms with E-state index in [1.165, 1.54) is 6.07 Å². The van der Waals surface area contributed by atoms with E-state index in [9.17, 15) is 9.18 Å². The van der Waals surface area contributed by atoms with Crippen molar-refractivity contribution in [1.82, 2.24) is 14.8 Å². The summed E-state index contributed by atoms with van der Waals surface area (Å²) in [6.07, 6.45) is 5.56. The quantitative estimate of drug-likeness (QED) is 0.845. The van der Waals surface area contributed by atoms with Crippen LogP contribution in [-0.2, 0) is 17.9 Å². The lowest BCUT2D eigenvalue weighted by molar-refractivity contribution is -0.148. The van der Waals surface area contributed by atoms with Crippen molar-refractivity contribution < 1.29 is 9.18 Å². The second-order valence-electron chi connectivity index (χ2n) is 7.34. The molecular formula is C21H24FN3O. The second kappa shape index (κ2) is 7.16. The molecule has 2 saturated heterocycles. The molecule has 0 bridgehead atoms. The van der Waals surface area contributed by atoms with Crippen molar-refractivity contribution in [1.29, 1.82) is 0 Å². The van der Waals surface area contributed by atoms with Crippen LogP contribution in [0.1, 0.15) is 36.9 Å². The molecule has 2 aliphatic rings. The van der Waals surface area contributed by atoms with Gasteiger partial charge in [0.1, 0.15) is 11.4 Å². The number of halogens is 1. The Balaban J connectivity index is 1.54. The van der Waals surface area contributed by atoms with Gasteiger partial charge in [0.2, 0.25) is 5.91 Å². The first kappa shape index (κ1) is 17.2. The van der Waals surface area contributed by atoms with Crippen LogP contribution in [-0.4, -0.2) is 39.3 Å². The van der Waals surface area contributed by atoms with E-state index in [1.54, 1.807) is 18.3 Å². The molecule has 4 nitrogen and oxygen atoms in total. The van der Waals surface area contributed by atoms with Crippen molar-refractivity contribution >= 4 is 5.91 Å². The lowest BCUT2D eigenvalue weighted by atomic mass is 9.85. The normalized spacial score (nSPS) is 23.7. The number of rotatable bonds is 4. The van der Waals surface area contributed by atoms with Crippen molar-refractivity contribution in [2.45, 2.75) is 44.3 Å². The third-order valence-electron chi connectivity index (χ3n) is 5.67. The highest BCUT2D eigenvalue weighted by molar-refractivity contribution is 5.87. The topological polar surface area (TPSA) is 36.4 Å². The average Bonchev–Trinajstić information content (AvgIpc) is 3.03. The van der Waals surface area contributed by atoms with Crippen LogP contribution in [0.4, 0.5) is 4.39 Å². The number of carbonyl (C=O) groups excluding carboxylic acids is 1. The van der Waals surface area contributed by atoms with Crippen molar-refractivity contribution in [3.63, 3.8) is 0 Å². The Labute approximate surface area is 153 Å². The molecule has 1 spiro atoms. The monoisotopic (exact) mass is 353 g/mol. The number of aromatic nitrogens is 1. The molecule has 3 heterocycles. The second-order valence-corrected chi connectivity index (χ2v) is 7.34. The van der Waals surface area contributed by atoms with E-state index in [0.717, 1.165) is 50.0 Å². The molecule has 0 N–H and O–H groups in total. The number of benzene rings is 1. The van der Waals surface area contributed by atoms with Gasteiger partial charge in [-0.15, -0.1) is 0 Å². The molecule has 1 aromatic heterocycles. The molecule has 2 aliphatic heterocycles. The van der Waals surface area contributed by atoms with E-state index in [4.69, 9.17) is 0 Å². The van der Waals surface area contributed by atoms with Gasteiger partial charge in [0.15, 0.2) is 0 Å². The molecule has 0 saturated carbocycles. The highest BCUT2D eigenvalue weighted by Gasteiger charge is 2.50. The van der Waals surface area contributed by atoms with Gasteiger partial charge in [-0.1, -0.05) is 18.2 Å². The van der Waals surface area contributed by atoms with Gasteiger partial charge in [0.25, 0.3) is 0 Å². The fourth-order valence-corrected chi connectivity index (χ4v) is 4.45. The average molecular weight is 353 g/mol. The van der Waals surface area contributed by atoms with Crippen LogP contribution < -0.4 is 0 Å². The summed E-state index contributed by atoms with van der Waals surface area (Å²) in [4.78, 5) is 22.0. The number of likely N-dealkylation sites (tertiary alicyclic amines) is 2. The summed E-state index contributed by atoms with van der Waals surface area (Å²) in [6, 6.07) is 12.5. The van der Waals surface area contributed by atoms with Gasteiger partial charge in [-0.3, -0.25) is 14.7 Å². The summed E-state index contributed by atoms with van der Waals surface area (Å²) in [5, 5.41) is 0. The van der Waals surface area contributed by atoms with Crippen molar-refractivity contribution in [2.75, 3.05) is 13.1 Å². The highest BCUT2D eigenvalue weighted by atomic mass is 19.1. The fourth-order valence-electron chi connectivity index (χ4n) is 4.45. The maximum absolute atomic E-state index is 13.6. The van der Waals surface area contributed by atoms with Crippen LogP contribution in [0.2, 0.25) is 0 Å². The number of amides is 1. The van der Waals surface area contributed by atoms with Crippen LogP contribution in [0.3, 0.4) is 0 Å². The minimum Gasteiger partial charge on any atom is -0.335 e. The number of piperidine rings is 1. The molecule has 4 rings (SSSR count). The molecule has 136 valence electrons. The van der Waals surface area contributed by atoms with E-state index >= 15 is 0 Å². The molecule has 0 radical (unpaired) electrons. The lowest BCUT2D eigenvalue weighted by Crippen LogP contribution is -2.59. The zero-order valence-corrected chi connectivity index (χ0v) is 14.9. The number of carbonyl (C=O) groups is 1. The maximum atomic E-state index is 13.6. The van der Waals surface area contributed by atoms with Gasteiger partial charge >= 0.3 is 0 Å². The summed E-state index contributed by atoms with van der Waals surface area (Å²) < 4.78 is 13.6. The Kier molecular flexibility index (Phi) is 4.72. The van der Waals surface area contributed by atoms with E-state index in [0.29, 0.717) is 13.1 Å². The fraction of sp³-hybridized carbons (Fsp3) is 0.429. The van der Waals surface area contributed by atoms with E-state index < -0.39 is 5.54 Å². The summed E-state index contributed by atoms with van der Waals surface area (Å²) >= 11 is 0. The third kappa shape index (κ3) is 3.23. The molecule has 0 aliphatic carbocycles. The van der Waals surface area contributed by atoms with Crippen LogP contribution in [0.25, 0.3) is 0 Å². The minimum absolute atomic E-state index is 0.211. The van der Waals surface area contributed by atoms with Crippen LogP contribution in [0.5, 0.6) is 0 Å². The van der Waals surface area contributed by atoms with Gasteiger partial charge in [-0.2, -0.15) is 0 Å². The zero-order chi connectivity index (χ0) is 18.0. The van der Waals surface area contributed by atoms with Gasteiger partial charge in [-0.05, 0) is 62.1 Å². The van der Waals surface area contributed by atoms with Gasteiger partial charge in [0, 0.05) is 19.3 Å². The minimum atomic E-state index is -0.431. The molecular weight excluding hydrogens is 329 g/mol. The van der Waals surface area contributed by atoms with E-state index in [2.05, 4.69) is 9.88 Å². The van der Waals surface area contributed by atoms with Crippen molar-refractivity contribution in [3.8, 4) is 0 Å². The number of pyridine rings is 1. The van der Waals surface area contributed by atoms with Crippen LogP contribution in [0.15, 0.2) is 48.7 Å². The van der Waals surface area contributed by atoms with Gasteiger partial charge in [-0.25, -0.2) is 4.39 Å². The highest BCUT2D eigenvalue weighted by Crippen LogP contribution is 2.39. The zero-order valence-electron chi connectivity index (χ0n) is 14.9. The summed E-state index contributed by atoms with van der Waals surface area (Å²) in [6.45, 7) is 2.86. The van der Waals surface area contributed by atoms with Crippen LogP contribution in [0, 0.1) is 5.82 Å². The lowest BCUT2D eigenvalue weighted by Gasteiger charge is -2.44. The third-order valence-corrected chi connectivity index (χ3v) is 5.67. The van der Waals surface area contributed by atoms with Gasteiger partial charge in [0.05, 0.1) is 12.2 Å². The Morgan fingerprint density at radius 2 is 1.88 bits per heavy atom.